The third-order valence-electron chi connectivity index (χ3n) is 9.75. The molecule has 4 atom stereocenters. The van der Waals surface area contributed by atoms with Crippen molar-refractivity contribution in [3.63, 3.8) is 0 Å². The summed E-state index contributed by atoms with van der Waals surface area (Å²) >= 11 is 0. The molecule has 0 spiro atoms. The van der Waals surface area contributed by atoms with Crippen molar-refractivity contribution in [3.8, 4) is 0 Å². The van der Waals surface area contributed by atoms with Gasteiger partial charge in [-0.3, -0.25) is 0 Å². The van der Waals surface area contributed by atoms with E-state index >= 15 is 0 Å². The Bertz CT molecular complexity index is 854. The van der Waals surface area contributed by atoms with Crippen LogP contribution in [0.25, 0.3) is 0 Å². The van der Waals surface area contributed by atoms with Gasteiger partial charge in [-0.1, -0.05) is 54.5 Å². The largest absolute Gasteiger partial charge is 0.544 e. The molecule has 4 rings (SSSR count). The van der Waals surface area contributed by atoms with Crippen LogP contribution in [0.1, 0.15) is 88.0 Å². The second-order valence-corrected chi connectivity index (χ2v) is 17.1. The molecular weight excluding hydrogens is 424 g/mol. The highest BCUT2D eigenvalue weighted by Gasteiger charge is 2.52. The van der Waals surface area contributed by atoms with E-state index in [2.05, 4.69) is 60.6 Å². The maximum Gasteiger partial charge on any atom is 0.250 e. The fourth-order valence-corrected chi connectivity index (χ4v) is 9.68. The lowest BCUT2D eigenvalue weighted by Gasteiger charge is -2.46. The van der Waals surface area contributed by atoms with Crippen molar-refractivity contribution in [2.45, 2.75) is 118 Å². The predicted octanol–water partition coefficient (Wildman–Crippen LogP) is 8.15. The first-order chi connectivity index (χ1) is 15.4. The molecular formula is C29H48O3Si. The van der Waals surface area contributed by atoms with Crippen LogP contribution in [-0.2, 0) is 13.9 Å². The van der Waals surface area contributed by atoms with Gasteiger partial charge in [-0.05, 0) is 97.7 Å². The maximum absolute atomic E-state index is 7.15. The zero-order valence-corrected chi connectivity index (χ0v) is 23.8. The van der Waals surface area contributed by atoms with Crippen molar-refractivity contribution < 1.29 is 13.9 Å². The highest BCUT2D eigenvalue weighted by Crippen LogP contribution is 2.60. The zero-order valence-electron chi connectivity index (χ0n) is 22.8. The first-order valence-electron chi connectivity index (χ1n) is 13.6. The Hall–Kier alpha value is -0.843. The Labute approximate surface area is 204 Å². The highest BCUT2D eigenvalue weighted by molar-refractivity contribution is 6.73. The lowest BCUT2D eigenvalue weighted by molar-refractivity contribution is -0.255. The van der Waals surface area contributed by atoms with E-state index < -0.39 is 14.1 Å². The van der Waals surface area contributed by atoms with Crippen LogP contribution < -0.4 is 0 Å². The summed E-state index contributed by atoms with van der Waals surface area (Å²) in [6.07, 6.45) is 10.0. The van der Waals surface area contributed by atoms with Crippen LogP contribution in [0.3, 0.4) is 0 Å². The normalized spacial score (nSPS) is 35.9. The van der Waals surface area contributed by atoms with Gasteiger partial charge in [-0.2, -0.15) is 0 Å². The van der Waals surface area contributed by atoms with Gasteiger partial charge in [0.25, 0.3) is 0 Å². The van der Waals surface area contributed by atoms with Crippen LogP contribution in [0.15, 0.2) is 34.6 Å². The van der Waals surface area contributed by atoms with Crippen molar-refractivity contribution in [3.05, 3.63) is 34.6 Å². The van der Waals surface area contributed by atoms with Gasteiger partial charge >= 0.3 is 0 Å². The standard InChI is InChI=1S/C29H48O3Si/c1-10-33(11-2,12-3)32-26-18-22(20(4)5)29(9)16-15-28(8)14-13-25-21(23(28)17-24(26)29)19-30-27(6,7)31-25/h17-18,20,22,25H,10-16,19H2,1-9H3/t22-,25-,28+,29-/m1/s1. The molecule has 4 heteroatoms. The summed E-state index contributed by atoms with van der Waals surface area (Å²) in [6.45, 7) is 21.6. The van der Waals surface area contributed by atoms with Gasteiger partial charge in [0.05, 0.1) is 12.7 Å². The summed E-state index contributed by atoms with van der Waals surface area (Å²) in [7, 11) is -1.76. The molecule has 1 saturated heterocycles. The molecule has 0 radical (unpaired) electrons. The third kappa shape index (κ3) is 4.23. The van der Waals surface area contributed by atoms with E-state index in [1.54, 1.807) is 0 Å². The Morgan fingerprint density at radius 2 is 1.70 bits per heavy atom. The zero-order chi connectivity index (χ0) is 24.2. The monoisotopic (exact) mass is 472 g/mol. The molecule has 1 fully saturated rings. The van der Waals surface area contributed by atoms with Crippen LogP contribution in [0.5, 0.6) is 0 Å². The molecule has 0 amide bonds. The molecule has 0 bridgehead atoms. The topological polar surface area (TPSA) is 27.7 Å². The molecule has 186 valence electrons. The van der Waals surface area contributed by atoms with E-state index in [1.807, 2.05) is 13.8 Å². The van der Waals surface area contributed by atoms with E-state index in [-0.39, 0.29) is 16.9 Å². The maximum atomic E-state index is 7.15. The Kier molecular flexibility index (Phi) is 6.64. The summed E-state index contributed by atoms with van der Waals surface area (Å²) < 4.78 is 19.7. The Morgan fingerprint density at radius 3 is 2.30 bits per heavy atom. The quantitative estimate of drug-likeness (QED) is 0.365. The molecule has 3 aliphatic carbocycles. The molecule has 0 aromatic rings. The number of hydrogen-bond donors (Lipinski definition) is 0. The third-order valence-corrected chi connectivity index (χ3v) is 14.3. The summed E-state index contributed by atoms with van der Waals surface area (Å²) in [5.41, 5.74) is 4.67. The van der Waals surface area contributed by atoms with E-state index in [0.717, 1.165) is 6.42 Å². The molecule has 0 unspecified atom stereocenters. The fourth-order valence-electron chi connectivity index (χ4n) is 7.11. The first-order valence-corrected chi connectivity index (χ1v) is 16.1. The minimum atomic E-state index is -1.76. The van der Waals surface area contributed by atoms with Gasteiger partial charge < -0.3 is 13.9 Å². The van der Waals surface area contributed by atoms with Gasteiger partial charge in [-0.15, -0.1) is 0 Å². The molecule has 4 aliphatic rings. The lowest BCUT2D eigenvalue weighted by Crippen LogP contribution is -2.45. The minimum Gasteiger partial charge on any atom is -0.544 e. The van der Waals surface area contributed by atoms with Gasteiger partial charge in [0.1, 0.15) is 5.76 Å². The van der Waals surface area contributed by atoms with Crippen LogP contribution in [-0.4, -0.2) is 26.8 Å². The summed E-state index contributed by atoms with van der Waals surface area (Å²) in [5.74, 6) is 1.85. The van der Waals surface area contributed by atoms with E-state index in [4.69, 9.17) is 13.9 Å². The minimum absolute atomic E-state index is 0.137. The number of fused-ring (bicyclic) bond motifs is 3. The second kappa shape index (κ2) is 8.67. The summed E-state index contributed by atoms with van der Waals surface area (Å²) in [4.78, 5) is 0. The number of ether oxygens (including phenoxy) is 2. The molecule has 1 heterocycles. The summed E-state index contributed by atoms with van der Waals surface area (Å²) in [5, 5.41) is 0. The SMILES string of the molecule is CC[Si](CC)(CC)OC1=C[C@H](C(C)C)[C@@]2(C)CC[C@]3(C)CC[C@H]4OC(C)(C)OCC4=C3C=C12. The fraction of sp³-hybridized carbons (Fsp3) is 0.793. The molecule has 0 aromatic heterocycles. The molecule has 3 nitrogen and oxygen atoms in total. The van der Waals surface area contributed by atoms with E-state index in [0.29, 0.717) is 18.4 Å². The van der Waals surface area contributed by atoms with Crippen molar-refractivity contribution in [2.24, 2.45) is 22.7 Å². The van der Waals surface area contributed by atoms with Crippen LogP contribution >= 0.6 is 0 Å². The lowest BCUT2D eigenvalue weighted by atomic mass is 9.65. The molecule has 33 heavy (non-hydrogen) atoms. The van der Waals surface area contributed by atoms with Gasteiger partial charge in [0, 0.05) is 5.41 Å². The summed E-state index contributed by atoms with van der Waals surface area (Å²) in [6, 6.07) is 3.54. The second-order valence-electron chi connectivity index (χ2n) is 12.5. The number of hydrogen-bond acceptors (Lipinski definition) is 3. The number of allylic oxidation sites excluding steroid dienone is 4. The number of rotatable bonds is 6. The molecule has 0 N–H and O–H groups in total. The smallest absolute Gasteiger partial charge is 0.250 e. The van der Waals surface area contributed by atoms with Crippen LogP contribution in [0, 0.1) is 22.7 Å². The predicted molar refractivity (Wildman–Crippen MR) is 139 cm³/mol. The first kappa shape index (κ1) is 25.3. The average Bonchev–Trinajstić information content (AvgIpc) is 2.97. The van der Waals surface area contributed by atoms with Crippen molar-refractivity contribution in [1.29, 1.82) is 0 Å². The Balaban J connectivity index is 1.84. The Morgan fingerprint density at radius 1 is 1.03 bits per heavy atom. The average molecular weight is 473 g/mol. The van der Waals surface area contributed by atoms with Crippen molar-refractivity contribution in [2.75, 3.05) is 6.61 Å². The highest BCUT2D eigenvalue weighted by atomic mass is 28.4. The molecule has 1 aliphatic heterocycles. The van der Waals surface area contributed by atoms with E-state index in [9.17, 15) is 0 Å². The molecule has 0 saturated carbocycles. The van der Waals surface area contributed by atoms with Crippen molar-refractivity contribution >= 4 is 8.32 Å². The van der Waals surface area contributed by atoms with Crippen LogP contribution in [0.2, 0.25) is 18.1 Å². The van der Waals surface area contributed by atoms with Gasteiger partial charge in [0.2, 0.25) is 8.32 Å². The van der Waals surface area contributed by atoms with E-state index in [1.165, 1.54) is 59.9 Å². The van der Waals surface area contributed by atoms with Gasteiger partial charge in [-0.25, -0.2) is 0 Å². The van der Waals surface area contributed by atoms with Gasteiger partial charge in [0.15, 0.2) is 5.79 Å². The van der Waals surface area contributed by atoms with Crippen LogP contribution in [0.4, 0.5) is 0 Å². The van der Waals surface area contributed by atoms with Crippen molar-refractivity contribution in [1.82, 2.24) is 0 Å². The molecule has 0 aromatic carbocycles.